The molecule has 1 saturated heterocycles. The van der Waals surface area contributed by atoms with Gasteiger partial charge in [0.1, 0.15) is 0 Å². The van der Waals surface area contributed by atoms with Gasteiger partial charge in [-0.25, -0.2) is 0 Å². The van der Waals surface area contributed by atoms with Gasteiger partial charge < -0.3 is 9.47 Å². The largest absolute Gasteiger partial charge is 0.378 e. The molecule has 0 aromatic carbocycles. The first-order valence-electron chi connectivity index (χ1n) is 4.66. The number of rotatable bonds is 5. The second kappa shape index (κ2) is 5.06. The van der Waals surface area contributed by atoms with E-state index in [0.29, 0.717) is 6.61 Å². The van der Waals surface area contributed by atoms with Crippen molar-refractivity contribution < 1.29 is 22.4 Å². The first kappa shape index (κ1) is 11.9. The van der Waals surface area contributed by atoms with Gasteiger partial charge in [0.15, 0.2) is 0 Å². The molecule has 1 aliphatic heterocycles. The van der Waals surface area contributed by atoms with Crippen molar-refractivity contribution in [3.05, 3.63) is 0 Å². The standard InChI is InChI=1S/C8H16O5S/c1-7-2-3-8(13-7)6-12-4-5-14(9,10)11/h7-8H,2-6H2,1H3,(H,9,10,11). The van der Waals surface area contributed by atoms with Crippen LogP contribution in [0.5, 0.6) is 0 Å². The van der Waals surface area contributed by atoms with Crippen LogP contribution in [-0.4, -0.2) is 44.1 Å². The molecule has 84 valence electrons. The number of hydrogen-bond acceptors (Lipinski definition) is 4. The van der Waals surface area contributed by atoms with Crippen LogP contribution >= 0.6 is 0 Å². The van der Waals surface area contributed by atoms with Gasteiger partial charge in [0.25, 0.3) is 10.1 Å². The van der Waals surface area contributed by atoms with E-state index >= 15 is 0 Å². The Hall–Kier alpha value is -0.170. The zero-order valence-corrected chi connectivity index (χ0v) is 9.00. The molecule has 1 fully saturated rings. The topological polar surface area (TPSA) is 72.8 Å². The predicted octanol–water partition coefficient (Wildman–Crippen LogP) is 0.458. The maximum absolute atomic E-state index is 10.3. The van der Waals surface area contributed by atoms with Gasteiger partial charge >= 0.3 is 0 Å². The highest BCUT2D eigenvalue weighted by Gasteiger charge is 2.21. The van der Waals surface area contributed by atoms with Crippen LogP contribution in [0.1, 0.15) is 19.8 Å². The Labute approximate surface area is 84.1 Å². The lowest BCUT2D eigenvalue weighted by Gasteiger charge is -2.10. The lowest BCUT2D eigenvalue weighted by Crippen LogP contribution is -2.19. The van der Waals surface area contributed by atoms with Crippen LogP contribution in [-0.2, 0) is 19.6 Å². The smallest absolute Gasteiger partial charge is 0.267 e. The van der Waals surface area contributed by atoms with Crippen LogP contribution in [0.4, 0.5) is 0 Å². The summed E-state index contributed by atoms with van der Waals surface area (Å²) in [5, 5.41) is 0. The first-order chi connectivity index (χ1) is 6.47. The van der Waals surface area contributed by atoms with E-state index in [1.54, 1.807) is 0 Å². The average molecular weight is 224 g/mol. The summed E-state index contributed by atoms with van der Waals surface area (Å²) in [6.45, 7) is 2.42. The van der Waals surface area contributed by atoms with Crippen molar-refractivity contribution in [2.45, 2.75) is 32.0 Å². The van der Waals surface area contributed by atoms with Gasteiger partial charge in [-0.1, -0.05) is 0 Å². The first-order valence-corrected chi connectivity index (χ1v) is 6.26. The highest BCUT2D eigenvalue weighted by atomic mass is 32.2. The summed E-state index contributed by atoms with van der Waals surface area (Å²) in [4.78, 5) is 0. The molecule has 0 spiro atoms. The van der Waals surface area contributed by atoms with Crippen molar-refractivity contribution in [3.8, 4) is 0 Å². The molecule has 0 amide bonds. The van der Waals surface area contributed by atoms with E-state index in [-0.39, 0.29) is 24.6 Å². The normalized spacial score (nSPS) is 28.1. The van der Waals surface area contributed by atoms with E-state index in [2.05, 4.69) is 0 Å². The highest BCUT2D eigenvalue weighted by molar-refractivity contribution is 7.85. The van der Waals surface area contributed by atoms with E-state index in [1.807, 2.05) is 6.92 Å². The summed E-state index contributed by atoms with van der Waals surface area (Å²) < 4.78 is 39.6. The molecule has 0 aromatic heterocycles. The molecule has 1 rings (SSSR count). The predicted molar refractivity (Wildman–Crippen MR) is 50.8 cm³/mol. The Morgan fingerprint density at radius 3 is 2.71 bits per heavy atom. The lowest BCUT2D eigenvalue weighted by atomic mass is 10.2. The Bertz CT molecular complexity index is 261. The quantitative estimate of drug-likeness (QED) is 0.542. The van der Waals surface area contributed by atoms with Gasteiger partial charge in [0, 0.05) is 0 Å². The maximum atomic E-state index is 10.3. The molecule has 5 nitrogen and oxygen atoms in total. The highest BCUT2D eigenvalue weighted by Crippen LogP contribution is 2.18. The van der Waals surface area contributed by atoms with Crippen LogP contribution in [0.15, 0.2) is 0 Å². The Balaban J connectivity index is 2.05. The number of ether oxygens (including phenoxy) is 2. The van der Waals surface area contributed by atoms with Crippen LogP contribution < -0.4 is 0 Å². The Kier molecular flexibility index (Phi) is 4.31. The summed E-state index contributed by atoms with van der Waals surface area (Å²) in [7, 11) is -3.90. The van der Waals surface area contributed by atoms with Gasteiger partial charge in [-0.15, -0.1) is 0 Å². The fourth-order valence-electron chi connectivity index (χ4n) is 1.39. The van der Waals surface area contributed by atoms with Gasteiger partial charge in [0.05, 0.1) is 31.2 Å². The lowest BCUT2D eigenvalue weighted by molar-refractivity contribution is -0.00574. The van der Waals surface area contributed by atoms with Crippen LogP contribution in [0, 0.1) is 0 Å². The minimum absolute atomic E-state index is 0.0209. The van der Waals surface area contributed by atoms with Crippen LogP contribution in [0.2, 0.25) is 0 Å². The average Bonchev–Trinajstić information content (AvgIpc) is 2.44. The van der Waals surface area contributed by atoms with E-state index in [4.69, 9.17) is 14.0 Å². The molecule has 0 aliphatic carbocycles. The molecule has 0 bridgehead atoms. The van der Waals surface area contributed by atoms with Gasteiger partial charge in [0.2, 0.25) is 0 Å². The fourth-order valence-corrected chi connectivity index (χ4v) is 1.72. The maximum Gasteiger partial charge on any atom is 0.267 e. The third-order valence-electron chi connectivity index (χ3n) is 2.11. The summed E-state index contributed by atoms with van der Waals surface area (Å²) in [5.74, 6) is -0.352. The minimum Gasteiger partial charge on any atom is -0.378 e. The molecule has 2 unspecified atom stereocenters. The third-order valence-corrected chi connectivity index (χ3v) is 2.79. The second-order valence-corrected chi connectivity index (χ2v) is 5.08. The molecule has 1 N–H and O–H groups in total. The summed E-state index contributed by atoms with van der Waals surface area (Å²) in [6, 6.07) is 0. The van der Waals surface area contributed by atoms with Crippen molar-refractivity contribution in [1.29, 1.82) is 0 Å². The van der Waals surface area contributed by atoms with Gasteiger partial charge in [-0.05, 0) is 19.8 Å². The molecule has 0 saturated carbocycles. The Morgan fingerprint density at radius 1 is 1.50 bits per heavy atom. The molecule has 0 aromatic rings. The molecule has 6 heteroatoms. The summed E-state index contributed by atoms with van der Waals surface area (Å²) in [5.41, 5.74) is 0. The van der Waals surface area contributed by atoms with Crippen molar-refractivity contribution >= 4 is 10.1 Å². The zero-order chi connectivity index (χ0) is 10.6. The van der Waals surface area contributed by atoms with Gasteiger partial charge in [-0.3, -0.25) is 4.55 Å². The van der Waals surface area contributed by atoms with Crippen molar-refractivity contribution in [2.24, 2.45) is 0 Å². The van der Waals surface area contributed by atoms with Crippen molar-refractivity contribution in [2.75, 3.05) is 19.0 Å². The third kappa shape index (κ3) is 4.90. The van der Waals surface area contributed by atoms with E-state index in [1.165, 1.54) is 0 Å². The van der Waals surface area contributed by atoms with E-state index in [9.17, 15) is 8.42 Å². The monoisotopic (exact) mass is 224 g/mol. The molecule has 1 heterocycles. The molecule has 0 radical (unpaired) electrons. The summed E-state index contributed by atoms with van der Waals surface area (Å²) >= 11 is 0. The molecule has 1 aliphatic rings. The van der Waals surface area contributed by atoms with Crippen LogP contribution in [0.25, 0.3) is 0 Å². The second-order valence-electron chi connectivity index (χ2n) is 3.51. The van der Waals surface area contributed by atoms with E-state index < -0.39 is 10.1 Å². The van der Waals surface area contributed by atoms with Crippen molar-refractivity contribution in [1.82, 2.24) is 0 Å². The fraction of sp³-hybridized carbons (Fsp3) is 1.00. The van der Waals surface area contributed by atoms with Crippen LogP contribution in [0.3, 0.4) is 0 Å². The SMILES string of the molecule is CC1CCC(COCCS(=O)(=O)O)O1. The Morgan fingerprint density at radius 2 is 2.21 bits per heavy atom. The molecule has 14 heavy (non-hydrogen) atoms. The summed E-state index contributed by atoms with van der Waals surface area (Å²) in [6.07, 6.45) is 2.32. The number of hydrogen-bond donors (Lipinski definition) is 1. The molecular weight excluding hydrogens is 208 g/mol. The minimum atomic E-state index is -3.90. The zero-order valence-electron chi connectivity index (χ0n) is 8.18. The van der Waals surface area contributed by atoms with E-state index in [0.717, 1.165) is 12.8 Å². The van der Waals surface area contributed by atoms with Crippen molar-refractivity contribution in [3.63, 3.8) is 0 Å². The molecular formula is C8H16O5S. The molecule has 2 atom stereocenters. The van der Waals surface area contributed by atoms with Gasteiger partial charge in [-0.2, -0.15) is 8.42 Å².